The predicted octanol–water partition coefficient (Wildman–Crippen LogP) is 2.79. The lowest BCUT2D eigenvalue weighted by atomic mass is 10.2. The Morgan fingerprint density at radius 3 is 2.54 bits per heavy atom. The lowest BCUT2D eigenvalue weighted by molar-refractivity contribution is 0.0739. The normalized spacial score (nSPS) is 14.4. The number of halogens is 1. The number of nitrogens with zero attached hydrogens (tertiary/aromatic N) is 4. The van der Waals surface area contributed by atoms with Gasteiger partial charge in [-0.25, -0.2) is 4.39 Å². The lowest BCUT2D eigenvalue weighted by Crippen LogP contribution is -2.49. The number of piperazine rings is 1. The number of hydrogen-bond donors (Lipinski definition) is 1. The first-order valence-electron chi connectivity index (χ1n) is 9.05. The molecule has 7 heteroatoms. The second kappa shape index (κ2) is 8.60. The SMILES string of the molecule is CCCCNc1ccc(C(=O)N2CCN(c3ccccc3F)CC2)nn1. The minimum atomic E-state index is -0.232. The van der Waals surface area contributed by atoms with Crippen LogP contribution < -0.4 is 10.2 Å². The molecule has 2 aromatic rings. The Morgan fingerprint density at radius 2 is 1.88 bits per heavy atom. The summed E-state index contributed by atoms with van der Waals surface area (Å²) in [5, 5.41) is 11.3. The number of rotatable bonds is 6. The van der Waals surface area contributed by atoms with Gasteiger partial charge in [0.15, 0.2) is 5.69 Å². The minimum Gasteiger partial charge on any atom is -0.369 e. The highest BCUT2D eigenvalue weighted by Crippen LogP contribution is 2.20. The molecule has 0 radical (unpaired) electrons. The third kappa shape index (κ3) is 4.28. The van der Waals surface area contributed by atoms with Crippen LogP contribution in [0.5, 0.6) is 0 Å². The largest absolute Gasteiger partial charge is 0.369 e. The van der Waals surface area contributed by atoms with Gasteiger partial charge >= 0.3 is 0 Å². The molecule has 1 fully saturated rings. The summed E-state index contributed by atoms with van der Waals surface area (Å²) in [5.74, 6) is 0.314. The van der Waals surface area contributed by atoms with Gasteiger partial charge in [0.25, 0.3) is 5.91 Å². The van der Waals surface area contributed by atoms with E-state index < -0.39 is 0 Å². The number of amides is 1. The topological polar surface area (TPSA) is 61.4 Å². The third-order valence-electron chi connectivity index (χ3n) is 4.48. The van der Waals surface area contributed by atoms with Crippen molar-refractivity contribution in [2.24, 2.45) is 0 Å². The Labute approximate surface area is 153 Å². The number of carbonyl (C=O) groups excluding carboxylic acids is 1. The average molecular weight is 357 g/mol. The molecule has 1 aliphatic heterocycles. The first-order valence-corrected chi connectivity index (χ1v) is 9.05. The molecule has 1 aliphatic rings. The molecule has 1 aromatic carbocycles. The standard InChI is InChI=1S/C19H24FN5O/c1-2-3-10-21-18-9-8-16(22-23-18)19(26)25-13-11-24(12-14-25)17-7-5-4-6-15(17)20/h4-9H,2-3,10-14H2,1H3,(H,21,23). The average Bonchev–Trinajstić information content (AvgIpc) is 2.69. The molecule has 0 atom stereocenters. The number of hydrogen-bond acceptors (Lipinski definition) is 5. The van der Waals surface area contributed by atoms with Crippen molar-refractivity contribution in [1.82, 2.24) is 15.1 Å². The van der Waals surface area contributed by atoms with Gasteiger partial charge in [-0.1, -0.05) is 25.5 Å². The second-order valence-corrected chi connectivity index (χ2v) is 6.31. The van der Waals surface area contributed by atoms with Gasteiger partial charge < -0.3 is 15.1 Å². The van der Waals surface area contributed by atoms with E-state index in [1.54, 1.807) is 29.2 Å². The van der Waals surface area contributed by atoms with Crippen LogP contribution in [0.1, 0.15) is 30.3 Å². The number of aromatic nitrogens is 2. The molecule has 0 bridgehead atoms. The Hall–Kier alpha value is -2.70. The molecule has 0 unspecified atom stereocenters. The lowest BCUT2D eigenvalue weighted by Gasteiger charge is -2.36. The fourth-order valence-corrected chi connectivity index (χ4v) is 2.95. The number of anilines is 2. The molecule has 1 N–H and O–H groups in total. The molecule has 138 valence electrons. The molecule has 1 amide bonds. The van der Waals surface area contributed by atoms with Crippen molar-refractivity contribution in [3.8, 4) is 0 Å². The van der Waals surface area contributed by atoms with Gasteiger partial charge in [-0.15, -0.1) is 10.2 Å². The van der Waals surface area contributed by atoms with Gasteiger partial charge in [-0.05, 0) is 30.7 Å². The van der Waals surface area contributed by atoms with Crippen molar-refractivity contribution in [3.05, 3.63) is 47.9 Å². The van der Waals surface area contributed by atoms with Crippen molar-refractivity contribution < 1.29 is 9.18 Å². The maximum absolute atomic E-state index is 13.9. The highest BCUT2D eigenvalue weighted by molar-refractivity contribution is 5.92. The van der Waals surface area contributed by atoms with E-state index in [1.807, 2.05) is 11.0 Å². The van der Waals surface area contributed by atoms with Crippen LogP contribution in [0.3, 0.4) is 0 Å². The molecule has 0 spiro atoms. The summed E-state index contributed by atoms with van der Waals surface area (Å²) < 4.78 is 13.9. The van der Waals surface area contributed by atoms with Crippen molar-refractivity contribution >= 4 is 17.4 Å². The second-order valence-electron chi connectivity index (χ2n) is 6.31. The Kier molecular flexibility index (Phi) is 5.99. The fraction of sp³-hybridized carbons (Fsp3) is 0.421. The van der Waals surface area contributed by atoms with E-state index in [0.29, 0.717) is 43.4 Å². The van der Waals surface area contributed by atoms with Crippen molar-refractivity contribution in [3.63, 3.8) is 0 Å². The summed E-state index contributed by atoms with van der Waals surface area (Å²) >= 11 is 0. The van der Waals surface area contributed by atoms with Crippen molar-refractivity contribution in [2.45, 2.75) is 19.8 Å². The van der Waals surface area contributed by atoms with Gasteiger partial charge in [-0.2, -0.15) is 0 Å². The summed E-state index contributed by atoms with van der Waals surface area (Å²) in [7, 11) is 0. The van der Waals surface area contributed by atoms with E-state index in [9.17, 15) is 9.18 Å². The van der Waals surface area contributed by atoms with Crippen LogP contribution in [0, 0.1) is 5.82 Å². The fourth-order valence-electron chi connectivity index (χ4n) is 2.95. The van der Waals surface area contributed by atoms with E-state index in [2.05, 4.69) is 22.4 Å². The molecule has 0 saturated carbocycles. The van der Waals surface area contributed by atoms with E-state index in [-0.39, 0.29) is 11.7 Å². The van der Waals surface area contributed by atoms with Crippen LogP contribution in [-0.4, -0.2) is 53.7 Å². The zero-order valence-corrected chi connectivity index (χ0v) is 15.0. The van der Waals surface area contributed by atoms with Crippen molar-refractivity contribution in [1.29, 1.82) is 0 Å². The number of para-hydroxylation sites is 1. The number of nitrogens with one attached hydrogen (secondary N) is 1. The smallest absolute Gasteiger partial charge is 0.274 e. The first-order chi connectivity index (χ1) is 12.7. The van der Waals surface area contributed by atoms with Gasteiger partial charge in [0.1, 0.15) is 11.6 Å². The monoisotopic (exact) mass is 357 g/mol. The predicted molar refractivity (Wildman–Crippen MR) is 99.9 cm³/mol. The summed E-state index contributed by atoms with van der Waals surface area (Å²) in [4.78, 5) is 16.3. The summed E-state index contributed by atoms with van der Waals surface area (Å²) in [5.41, 5.74) is 0.923. The number of carbonyl (C=O) groups is 1. The molecular weight excluding hydrogens is 333 g/mol. The van der Waals surface area contributed by atoms with Gasteiger partial charge in [0.2, 0.25) is 0 Å². The number of unbranched alkanes of at least 4 members (excludes halogenated alkanes) is 1. The van der Waals surface area contributed by atoms with E-state index in [1.165, 1.54) is 6.07 Å². The summed E-state index contributed by atoms with van der Waals surface area (Å²) in [6.45, 7) is 5.22. The van der Waals surface area contributed by atoms with E-state index in [4.69, 9.17) is 0 Å². The molecule has 1 aromatic heterocycles. The highest BCUT2D eigenvalue weighted by Gasteiger charge is 2.24. The van der Waals surface area contributed by atoms with Crippen LogP contribution in [-0.2, 0) is 0 Å². The Bertz CT molecular complexity index is 729. The first kappa shape index (κ1) is 18.1. The molecule has 26 heavy (non-hydrogen) atoms. The van der Waals surface area contributed by atoms with Crippen LogP contribution in [0.2, 0.25) is 0 Å². The van der Waals surface area contributed by atoms with E-state index >= 15 is 0 Å². The van der Waals surface area contributed by atoms with Gasteiger partial charge in [0.05, 0.1) is 5.69 Å². The molecule has 0 aliphatic carbocycles. The van der Waals surface area contributed by atoms with Crippen LogP contribution >= 0.6 is 0 Å². The molecular formula is C19H24FN5O. The van der Waals surface area contributed by atoms with Crippen molar-refractivity contribution in [2.75, 3.05) is 42.9 Å². The summed E-state index contributed by atoms with van der Waals surface area (Å²) in [6, 6.07) is 10.2. The molecule has 2 heterocycles. The molecule has 3 rings (SSSR count). The Morgan fingerprint density at radius 1 is 1.12 bits per heavy atom. The molecule has 1 saturated heterocycles. The van der Waals surface area contributed by atoms with E-state index in [0.717, 1.165) is 19.4 Å². The Balaban J connectivity index is 1.56. The van der Waals surface area contributed by atoms with Gasteiger partial charge in [0, 0.05) is 32.7 Å². The van der Waals surface area contributed by atoms with Gasteiger partial charge in [-0.3, -0.25) is 4.79 Å². The quantitative estimate of drug-likeness (QED) is 0.806. The van der Waals surface area contributed by atoms with Crippen LogP contribution in [0.4, 0.5) is 15.9 Å². The van der Waals surface area contributed by atoms with Crippen LogP contribution in [0.15, 0.2) is 36.4 Å². The maximum atomic E-state index is 13.9. The molecule has 6 nitrogen and oxygen atoms in total. The number of benzene rings is 1. The zero-order valence-electron chi connectivity index (χ0n) is 15.0. The van der Waals surface area contributed by atoms with Crippen LogP contribution in [0.25, 0.3) is 0 Å². The highest BCUT2D eigenvalue weighted by atomic mass is 19.1. The maximum Gasteiger partial charge on any atom is 0.274 e. The minimum absolute atomic E-state index is 0.134. The third-order valence-corrected chi connectivity index (χ3v) is 4.48. The summed E-state index contributed by atoms with van der Waals surface area (Å²) in [6.07, 6.45) is 2.17. The zero-order chi connectivity index (χ0) is 18.4.